The first-order chi connectivity index (χ1) is 12.6. The van der Waals surface area contributed by atoms with E-state index in [2.05, 4.69) is 15.2 Å². The van der Waals surface area contributed by atoms with E-state index in [4.69, 9.17) is 14.2 Å². The van der Waals surface area contributed by atoms with E-state index in [1.54, 1.807) is 32.4 Å². The Morgan fingerprint density at radius 1 is 1.27 bits per heavy atom. The number of ether oxygens (including phenoxy) is 3. The van der Waals surface area contributed by atoms with E-state index in [1.165, 1.54) is 11.3 Å². The summed E-state index contributed by atoms with van der Waals surface area (Å²) in [5, 5.41) is 3.85. The number of morpholine rings is 1. The highest BCUT2D eigenvalue weighted by Gasteiger charge is 2.19. The molecule has 0 spiro atoms. The van der Waals surface area contributed by atoms with Crippen LogP contribution in [0.25, 0.3) is 0 Å². The van der Waals surface area contributed by atoms with Crippen LogP contribution in [-0.4, -0.2) is 56.3 Å². The molecule has 3 rings (SSSR count). The lowest BCUT2D eigenvalue weighted by molar-refractivity contribution is 0.0341. The average Bonchev–Trinajstić information content (AvgIpc) is 3.02. The summed E-state index contributed by atoms with van der Waals surface area (Å²) in [6.45, 7) is 5.90. The highest BCUT2D eigenvalue weighted by molar-refractivity contribution is 7.13. The third kappa shape index (κ3) is 4.32. The number of methoxy groups -OCH3 is 2. The van der Waals surface area contributed by atoms with Crippen LogP contribution in [0.1, 0.15) is 20.4 Å². The minimum absolute atomic E-state index is 0.166. The summed E-state index contributed by atoms with van der Waals surface area (Å²) in [5.41, 5.74) is 1.39. The van der Waals surface area contributed by atoms with Gasteiger partial charge in [-0.05, 0) is 19.1 Å². The zero-order valence-electron chi connectivity index (χ0n) is 15.2. The summed E-state index contributed by atoms with van der Waals surface area (Å²) >= 11 is 1.44. The third-order valence-corrected chi connectivity index (χ3v) is 5.29. The van der Waals surface area contributed by atoms with Crippen molar-refractivity contribution in [3.05, 3.63) is 33.8 Å². The lowest BCUT2D eigenvalue weighted by Crippen LogP contribution is -2.35. The predicted molar refractivity (Wildman–Crippen MR) is 100 cm³/mol. The molecule has 7 nitrogen and oxygen atoms in total. The molecule has 1 aliphatic rings. The number of rotatable bonds is 6. The van der Waals surface area contributed by atoms with Gasteiger partial charge in [0, 0.05) is 24.8 Å². The number of nitrogens with one attached hydrogen (secondary N) is 1. The Morgan fingerprint density at radius 3 is 2.69 bits per heavy atom. The number of thiazole rings is 1. The monoisotopic (exact) mass is 377 g/mol. The number of hydrogen-bond acceptors (Lipinski definition) is 7. The van der Waals surface area contributed by atoms with Crippen LogP contribution in [0.3, 0.4) is 0 Å². The summed E-state index contributed by atoms with van der Waals surface area (Å²) in [6, 6.07) is 5.28. The van der Waals surface area contributed by atoms with Gasteiger partial charge in [0.2, 0.25) is 0 Å². The molecule has 1 aliphatic heterocycles. The lowest BCUT2D eigenvalue weighted by atomic mass is 10.2. The highest BCUT2D eigenvalue weighted by atomic mass is 32.1. The van der Waals surface area contributed by atoms with Gasteiger partial charge in [-0.3, -0.25) is 9.69 Å². The fourth-order valence-corrected chi connectivity index (χ4v) is 3.79. The van der Waals surface area contributed by atoms with E-state index in [0.717, 1.165) is 43.5 Å². The molecule has 1 saturated heterocycles. The molecule has 0 saturated carbocycles. The molecule has 1 aromatic heterocycles. The normalized spacial score (nSPS) is 14.9. The van der Waals surface area contributed by atoms with Crippen LogP contribution in [0.2, 0.25) is 0 Å². The van der Waals surface area contributed by atoms with Crippen molar-refractivity contribution in [2.45, 2.75) is 13.5 Å². The maximum atomic E-state index is 12.6. The quantitative estimate of drug-likeness (QED) is 0.834. The van der Waals surface area contributed by atoms with E-state index >= 15 is 0 Å². The first-order valence-corrected chi connectivity index (χ1v) is 9.22. The third-order valence-electron chi connectivity index (χ3n) is 4.15. The van der Waals surface area contributed by atoms with Gasteiger partial charge < -0.3 is 19.5 Å². The second-order valence-electron chi connectivity index (χ2n) is 5.93. The van der Waals surface area contributed by atoms with E-state index in [9.17, 15) is 4.79 Å². The van der Waals surface area contributed by atoms with Crippen molar-refractivity contribution in [2.24, 2.45) is 0 Å². The van der Waals surface area contributed by atoms with Gasteiger partial charge in [0.05, 0.1) is 39.7 Å². The van der Waals surface area contributed by atoms with Gasteiger partial charge in [-0.2, -0.15) is 0 Å². The van der Waals surface area contributed by atoms with Gasteiger partial charge in [0.25, 0.3) is 5.91 Å². The van der Waals surface area contributed by atoms with E-state index in [0.29, 0.717) is 22.1 Å². The summed E-state index contributed by atoms with van der Waals surface area (Å²) in [5.74, 6) is 1.02. The van der Waals surface area contributed by atoms with Gasteiger partial charge in [-0.15, -0.1) is 11.3 Å². The van der Waals surface area contributed by atoms with Crippen molar-refractivity contribution in [3.8, 4) is 11.5 Å². The Labute approximate surface area is 156 Å². The number of carbonyl (C=O) groups is 1. The molecule has 140 valence electrons. The smallest absolute Gasteiger partial charge is 0.267 e. The zero-order chi connectivity index (χ0) is 18.5. The van der Waals surface area contributed by atoms with Gasteiger partial charge in [-0.1, -0.05) is 0 Å². The second kappa shape index (κ2) is 8.48. The topological polar surface area (TPSA) is 72.9 Å². The number of carbonyl (C=O) groups excluding carboxylic acids is 1. The SMILES string of the molecule is COc1ccc(NC(=O)c2sc(CN3CCOCC3)nc2C)cc1OC. The molecular formula is C18H23N3O4S. The minimum Gasteiger partial charge on any atom is -0.493 e. The number of hydrogen-bond donors (Lipinski definition) is 1. The Kier molecular flexibility index (Phi) is 6.08. The fraction of sp³-hybridized carbons (Fsp3) is 0.444. The summed E-state index contributed by atoms with van der Waals surface area (Å²) in [7, 11) is 3.14. The standard InChI is InChI=1S/C18H23N3O4S/c1-12-17(26-16(19-12)11-21-6-8-25-9-7-21)18(22)20-13-4-5-14(23-2)15(10-13)24-3/h4-5,10H,6-9,11H2,1-3H3,(H,20,22). The number of nitrogens with zero attached hydrogens (tertiary/aromatic N) is 2. The zero-order valence-corrected chi connectivity index (χ0v) is 16.0. The van der Waals surface area contributed by atoms with Gasteiger partial charge in [-0.25, -0.2) is 4.98 Å². The molecule has 0 bridgehead atoms. The molecule has 26 heavy (non-hydrogen) atoms. The Balaban J connectivity index is 1.69. The lowest BCUT2D eigenvalue weighted by Gasteiger charge is -2.25. The molecule has 0 radical (unpaired) electrons. The molecule has 1 N–H and O–H groups in total. The Morgan fingerprint density at radius 2 is 2.00 bits per heavy atom. The largest absolute Gasteiger partial charge is 0.493 e. The average molecular weight is 377 g/mol. The van der Waals surface area contributed by atoms with Crippen LogP contribution in [0.15, 0.2) is 18.2 Å². The Bertz CT molecular complexity index is 772. The van der Waals surface area contributed by atoms with Gasteiger partial charge >= 0.3 is 0 Å². The minimum atomic E-state index is -0.166. The van der Waals surface area contributed by atoms with Crippen LogP contribution in [-0.2, 0) is 11.3 Å². The molecule has 2 heterocycles. The van der Waals surface area contributed by atoms with Crippen LogP contribution >= 0.6 is 11.3 Å². The molecule has 1 aromatic carbocycles. The molecule has 0 atom stereocenters. The predicted octanol–water partition coefficient (Wildman–Crippen LogP) is 2.55. The van der Waals surface area contributed by atoms with Crippen molar-refractivity contribution in [3.63, 3.8) is 0 Å². The number of aromatic nitrogens is 1. The van der Waals surface area contributed by atoms with E-state index < -0.39 is 0 Å². The number of benzene rings is 1. The van der Waals surface area contributed by atoms with Crippen LogP contribution in [0.5, 0.6) is 11.5 Å². The van der Waals surface area contributed by atoms with Crippen LogP contribution in [0, 0.1) is 6.92 Å². The van der Waals surface area contributed by atoms with Crippen molar-refractivity contribution in [1.82, 2.24) is 9.88 Å². The first-order valence-electron chi connectivity index (χ1n) is 8.40. The summed E-state index contributed by atoms with van der Waals surface area (Å²) in [6.07, 6.45) is 0. The molecule has 1 amide bonds. The van der Waals surface area contributed by atoms with Gasteiger partial charge in [0.15, 0.2) is 11.5 Å². The molecule has 0 unspecified atom stereocenters. The molecule has 0 aliphatic carbocycles. The molecule has 2 aromatic rings. The number of amides is 1. The van der Waals surface area contributed by atoms with Crippen molar-refractivity contribution >= 4 is 22.9 Å². The molecule has 1 fully saturated rings. The van der Waals surface area contributed by atoms with Crippen molar-refractivity contribution < 1.29 is 19.0 Å². The van der Waals surface area contributed by atoms with Crippen LogP contribution < -0.4 is 14.8 Å². The fourth-order valence-electron chi connectivity index (χ4n) is 2.78. The second-order valence-corrected chi connectivity index (χ2v) is 7.02. The first kappa shape index (κ1) is 18.6. The molecule has 8 heteroatoms. The van der Waals surface area contributed by atoms with Crippen molar-refractivity contribution in [2.75, 3.05) is 45.8 Å². The number of aryl methyl sites for hydroxylation is 1. The highest BCUT2D eigenvalue weighted by Crippen LogP contribution is 2.30. The Hall–Kier alpha value is -2.16. The maximum Gasteiger partial charge on any atom is 0.267 e. The number of anilines is 1. The van der Waals surface area contributed by atoms with Crippen LogP contribution in [0.4, 0.5) is 5.69 Å². The summed E-state index contributed by atoms with van der Waals surface area (Å²) < 4.78 is 15.9. The summed E-state index contributed by atoms with van der Waals surface area (Å²) in [4.78, 5) is 20.1. The van der Waals surface area contributed by atoms with E-state index in [-0.39, 0.29) is 5.91 Å². The van der Waals surface area contributed by atoms with Crippen molar-refractivity contribution in [1.29, 1.82) is 0 Å². The van der Waals surface area contributed by atoms with Gasteiger partial charge in [0.1, 0.15) is 9.88 Å². The molecular weight excluding hydrogens is 354 g/mol. The van der Waals surface area contributed by atoms with E-state index in [1.807, 2.05) is 6.92 Å². The maximum absolute atomic E-state index is 12.6.